The fourth-order valence-electron chi connectivity index (χ4n) is 1.63. The van der Waals surface area contributed by atoms with Crippen LogP contribution in [0.5, 0.6) is 0 Å². The van der Waals surface area contributed by atoms with Crippen LogP contribution in [0.15, 0.2) is 18.3 Å². The van der Waals surface area contributed by atoms with Crippen molar-refractivity contribution in [2.75, 3.05) is 12.0 Å². The van der Waals surface area contributed by atoms with Gasteiger partial charge < -0.3 is 14.2 Å². The first-order valence-electron chi connectivity index (χ1n) is 7.64. The van der Waals surface area contributed by atoms with Crippen LogP contribution in [0.25, 0.3) is 0 Å². The molecule has 0 atom stereocenters. The summed E-state index contributed by atoms with van der Waals surface area (Å²) in [6.07, 6.45) is -0.664. The van der Waals surface area contributed by atoms with Gasteiger partial charge in [0.25, 0.3) is 0 Å². The lowest BCUT2D eigenvalue weighted by Gasteiger charge is -2.28. The molecule has 25 heavy (non-hydrogen) atoms. The van der Waals surface area contributed by atoms with Gasteiger partial charge >= 0.3 is 18.2 Å². The molecule has 0 saturated heterocycles. The number of rotatable bonds is 2. The summed E-state index contributed by atoms with van der Waals surface area (Å²) < 4.78 is 15.1. The highest BCUT2D eigenvalue weighted by Crippen LogP contribution is 2.20. The Morgan fingerprint density at radius 3 is 1.72 bits per heavy atom. The molecule has 0 saturated carbocycles. The number of pyridine rings is 1. The Kier molecular flexibility index (Phi) is 6.12. The summed E-state index contributed by atoms with van der Waals surface area (Å²) in [5.41, 5.74) is -1.45. The monoisotopic (exact) mass is 352 g/mol. The van der Waals surface area contributed by atoms with Crippen LogP contribution in [-0.2, 0) is 14.2 Å². The van der Waals surface area contributed by atoms with E-state index in [1.165, 1.54) is 25.4 Å². The van der Waals surface area contributed by atoms with Gasteiger partial charge in [0, 0.05) is 6.20 Å². The zero-order valence-electron chi connectivity index (χ0n) is 15.6. The molecule has 0 aromatic carbocycles. The maximum Gasteiger partial charge on any atom is 0.425 e. The molecule has 8 heteroatoms. The van der Waals surface area contributed by atoms with Crippen molar-refractivity contribution >= 4 is 24.0 Å². The average Bonchev–Trinajstić information content (AvgIpc) is 2.43. The fourth-order valence-corrected chi connectivity index (χ4v) is 1.63. The molecule has 0 fully saturated rings. The van der Waals surface area contributed by atoms with E-state index in [1.54, 1.807) is 41.5 Å². The molecule has 8 nitrogen and oxygen atoms in total. The number of nitrogens with zero attached hydrogens (tertiary/aromatic N) is 2. The number of esters is 1. The van der Waals surface area contributed by atoms with Crippen molar-refractivity contribution in [1.29, 1.82) is 0 Å². The van der Waals surface area contributed by atoms with Crippen molar-refractivity contribution in [2.24, 2.45) is 0 Å². The van der Waals surface area contributed by atoms with Crippen LogP contribution < -0.4 is 4.90 Å². The second-order valence-electron chi connectivity index (χ2n) is 7.19. The van der Waals surface area contributed by atoms with Crippen LogP contribution in [0.2, 0.25) is 0 Å². The van der Waals surface area contributed by atoms with Gasteiger partial charge in [-0.3, -0.25) is 0 Å². The van der Waals surface area contributed by atoms with E-state index in [4.69, 9.17) is 9.47 Å². The highest BCUT2D eigenvalue weighted by Gasteiger charge is 2.33. The zero-order chi connectivity index (χ0) is 19.4. The highest BCUT2D eigenvalue weighted by atomic mass is 16.6. The molecule has 138 valence electrons. The third-order valence-corrected chi connectivity index (χ3v) is 2.55. The molecule has 1 heterocycles. The van der Waals surface area contributed by atoms with Gasteiger partial charge in [0.2, 0.25) is 0 Å². The minimum atomic E-state index is -0.930. The molecular formula is C17H24N2O6. The molecule has 0 bridgehead atoms. The van der Waals surface area contributed by atoms with Gasteiger partial charge in [0.05, 0.1) is 12.7 Å². The van der Waals surface area contributed by atoms with Crippen LogP contribution >= 0.6 is 0 Å². The minimum absolute atomic E-state index is 0.0313. The lowest BCUT2D eigenvalue weighted by Crippen LogP contribution is -2.44. The number of hydrogen-bond acceptors (Lipinski definition) is 7. The van der Waals surface area contributed by atoms with Gasteiger partial charge in [-0.1, -0.05) is 0 Å². The highest BCUT2D eigenvalue weighted by molar-refractivity contribution is 6.08. The first-order valence-corrected chi connectivity index (χ1v) is 7.64. The molecule has 0 unspecified atom stereocenters. The summed E-state index contributed by atoms with van der Waals surface area (Å²) >= 11 is 0. The molecule has 1 aromatic heterocycles. The van der Waals surface area contributed by atoms with Crippen molar-refractivity contribution in [3.05, 3.63) is 23.9 Å². The van der Waals surface area contributed by atoms with E-state index in [9.17, 15) is 14.4 Å². The van der Waals surface area contributed by atoms with Gasteiger partial charge in [-0.2, -0.15) is 4.90 Å². The maximum atomic E-state index is 12.4. The summed E-state index contributed by atoms with van der Waals surface area (Å²) in [6, 6.07) is 2.72. The summed E-state index contributed by atoms with van der Waals surface area (Å²) in [5, 5.41) is 0. The van der Waals surface area contributed by atoms with Crippen molar-refractivity contribution in [2.45, 2.75) is 52.7 Å². The Hall–Kier alpha value is -2.64. The smallest absolute Gasteiger partial charge is 0.425 e. The van der Waals surface area contributed by atoms with Gasteiger partial charge in [-0.05, 0) is 53.7 Å². The van der Waals surface area contributed by atoms with Crippen LogP contribution in [0.4, 0.5) is 15.4 Å². The molecule has 0 aliphatic carbocycles. The van der Waals surface area contributed by atoms with E-state index < -0.39 is 29.4 Å². The number of carbonyl (C=O) groups is 3. The average molecular weight is 352 g/mol. The van der Waals surface area contributed by atoms with E-state index in [-0.39, 0.29) is 11.4 Å². The first kappa shape index (κ1) is 20.4. The predicted octanol–water partition coefficient (Wildman–Crippen LogP) is 3.54. The first-order chi connectivity index (χ1) is 11.3. The van der Waals surface area contributed by atoms with E-state index in [1.807, 2.05) is 0 Å². The van der Waals surface area contributed by atoms with E-state index in [2.05, 4.69) is 9.72 Å². The van der Waals surface area contributed by atoms with Crippen LogP contribution in [0.3, 0.4) is 0 Å². The van der Waals surface area contributed by atoms with Crippen LogP contribution in [0, 0.1) is 0 Å². The fraction of sp³-hybridized carbons (Fsp3) is 0.529. The zero-order valence-corrected chi connectivity index (χ0v) is 15.6. The Morgan fingerprint density at radius 2 is 1.40 bits per heavy atom. The third kappa shape index (κ3) is 6.40. The number of imide groups is 1. The van der Waals surface area contributed by atoms with Crippen LogP contribution in [0.1, 0.15) is 51.9 Å². The van der Waals surface area contributed by atoms with Gasteiger partial charge in [-0.15, -0.1) is 0 Å². The van der Waals surface area contributed by atoms with E-state index in [0.29, 0.717) is 4.90 Å². The molecule has 0 aliphatic rings. The number of aromatic nitrogens is 1. The number of methoxy groups -OCH3 is 1. The standard InChI is InChI=1S/C17H24N2O6/c1-16(2,3)24-14(21)19(15(22)25-17(4,5)6)12-9-8-11(10-18-12)13(20)23-7/h8-10H,1-7H3. The Labute approximate surface area is 147 Å². The predicted molar refractivity (Wildman–Crippen MR) is 90.5 cm³/mol. The lowest BCUT2D eigenvalue weighted by molar-refractivity contribution is 0.0428. The Bertz CT molecular complexity index is 613. The quantitative estimate of drug-likeness (QED) is 0.593. The van der Waals surface area contributed by atoms with Crippen molar-refractivity contribution < 1.29 is 28.6 Å². The number of hydrogen-bond donors (Lipinski definition) is 0. The van der Waals surface area contributed by atoms with Gasteiger partial charge in [0.1, 0.15) is 17.0 Å². The van der Waals surface area contributed by atoms with E-state index in [0.717, 1.165) is 0 Å². The number of carbonyl (C=O) groups excluding carboxylic acids is 3. The number of ether oxygens (including phenoxy) is 3. The molecule has 1 rings (SSSR count). The Morgan fingerprint density at radius 1 is 0.920 bits per heavy atom. The van der Waals surface area contributed by atoms with Crippen LogP contribution in [-0.4, -0.2) is 41.5 Å². The third-order valence-electron chi connectivity index (χ3n) is 2.55. The topological polar surface area (TPSA) is 95.0 Å². The molecule has 0 aliphatic heterocycles. The summed E-state index contributed by atoms with van der Waals surface area (Å²) in [4.78, 5) is 41.0. The summed E-state index contributed by atoms with van der Waals surface area (Å²) in [5.74, 6) is -0.615. The summed E-state index contributed by atoms with van der Waals surface area (Å²) in [7, 11) is 1.24. The minimum Gasteiger partial charge on any atom is -0.465 e. The van der Waals surface area contributed by atoms with Gasteiger partial charge in [0.15, 0.2) is 0 Å². The number of anilines is 1. The second-order valence-corrected chi connectivity index (χ2v) is 7.19. The van der Waals surface area contributed by atoms with Crippen molar-refractivity contribution in [1.82, 2.24) is 4.98 Å². The Balaban J connectivity index is 3.19. The largest absolute Gasteiger partial charge is 0.465 e. The normalized spacial score (nSPS) is 11.5. The van der Waals surface area contributed by atoms with Crippen molar-refractivity contribution in [3.63, 3.8) is 0 Å². The molecule has 0 N–H and O–H groups in total. The second kappa shape index (κ2) is 7.50. The molecular weight excluding hydrogens is 328 g/mol. The maximum absolute atomic E-state index is 12.4. The number of amides is 2. The molecule has 0 radical (unpaired) electrons. The molecule has 2 amide bonds. The molecule has 1 aromatic rings. The van der Waals surface area contributed by atoms with Gasteiger partial charge in [-0.25, -0.2) is 19.4 Å². The molecule has 0 spiro atoms. The van der Waals surface area contributed by atoms with Crippen molar-refractivity contribution in [3.8, 4) is 0 Å². The SMILES string of the molecule is COC(=O)c1ccc(N(C(=O)OC(C)(C)C)C(=O)OC(C)(C)C)nc1. The summed E-state index contributed by atoms with van der Waals surface area (Å²) in [6.45, 7) is 10.0. The lowest BCUT2D eigenvalue weighted by atomic mass is 10.2. The van der Waals surface area contributed by atoms with E-state index >= 15 is 0 Å².